The van der Waals surface area contributed by atoms with Crippen molar-refractivity contribution in [2.45, 2.75) is 0 Å². The molecule has 0 aliphatic rings. The van der Waals surface area contributed by atoms with Gasteiger partial charge in [0.1, 0.15) is 30.4 Å². The van der Waals surface area contributed by atoms with E-state index in [0.717, 1.165) is 39.4 Å². The Bertz CT molecular complexity index is 700. The first-order valence-electron chi connectivity index (χ1n) is 8.34. The van der Waals surface area contributed by atoms with Crippen LogP contribution in [0.2, 0.25) is 0 Å². The zero-order valence-corrected chi connectivity index (χ0v) is 15.8. The lowest BCUT2D eigenvalue weighted by molar-refractivity contribution is -0.870. The Morgan fingerprint density at radius 1 is 0.760 bits per heavy atom. The Kier molecular flexibility index (Phi) is 6.48. The number of nitrogens with zero attached hydrogens (tertiary/aromatic N) is 1. The number of likely N-dealkylation sites (N-methyl/N-ethyl adjacent to an activating group) is 1. The van der Waals surface area contributed by atoms with E-state index in [1.54, 1.807) is 14.2 Å². The molecule has 0 amide bonds. The molecule has 0 aromatic heterocycles. The number of quaternary nitrogens is 1. The number of ether oxygens (including phenoxy) is 3. The second-order valence-electron chi connectivity index (χ2n) is 6.91. The van der Waals surface area contributed by atoms with Crippen molar-refractivity contribution in [2.75, 3.05) is 48.5 Å². The first kappa shape index (κ1) is 18.9. The largest absolute Gasteiger partial charge is 0.497 e. The molecule has 0 radical (unpaired) electrons. The summed E-state index contributed by atoms with van der Waals surface area (Å²) in [5, 5.41) is 0. The molecule has 2 aromatic carbocycles. The van der Waals surface area contributed by atoms with Crippen molar-refractivity contribution in [1.82, 2.24) is 0 Å². The van der Waals surface area contributed by atoms with Crippen LogP contribution in [0.3, 0.4) is 0 Å². The summed E-state index contributed by atoms with van der Waals surface area (Å²) in [4.78, 5) is 0. The SMILES string of the molecule is COc1ccc(/C=C/c2cc(OC)cc(OCC[N+](C)(C)C)c2)cc1. The van der Waals surface area contributed by atoms with Gasteiger partial charge in [-0.05, 0) is 35.4 Å². The normalized spacial score (nSPS) is 11.6. The lowest BCUT2D eigenvalue weighted by Crippen LogP contribution is -2.38. The van der Waals surface area contributed by atoms with Gasteiger partial charge >= 0.3 is 0 Å². The van der Waals surface area contributed by atoms with Crippen LogP contribution in [0, 0.1) is 0 Å². The molecule has 0 atom stereocenters. The summed E-state index contributed by atoms with van der Waals surface area (Å²) in [5.74, 6) is 2.46. The Hall–Kier alpha value is -2.46. The van der Waals surface area contributed by atoms with Crippen molar-refractivity contribution >= 4 is 12.2 Å². The molecule has 2 rings (SSSR count). The van der Waals surface area contributed by atoms with Gasteiger partial charge in [-0.15, -0.1) is 0 Å². The van der Waals surface area contributed by atoms with Crippen LogP contribution in [0.1, 0.15) is 11.1 Å². The molecule has 0 heterocycles. The molecule has 2 aromatic rings. The van der Waals surface area contributed by atoms with E-state index in [-0.39, 0.29) is 0 Å². The van der Waals surface area contributed by atoms with Gasteiger partial charge in [-0.3, -0.25) is 0 Å². The molecule has 0 aliphatic carbocycles. The van der Waals surface area contributed by atoms with E-state index in [1.807, 2.05) is 42.5 Å². The van der Waals surface area contributed by atoms with E-state index in [9.17, 15) is 0 Å². The summed E-state index contributed by atoms with van der Waals surface area (Å²) >= 11 is 0. The van der Waals surface area contributed by atoms with Crippen molar-refractivity contribution in [2.24, 2.45) is 0 Å². The number of hydrogen-bond donors (Lipinski definition) is 0. The molecule has 0 saturated heterocycles. The first-order chi connectivity index (χ1) is 11.9. The van der Waals surface area contributed by atoms with Crippen LogP contribution in [0.5, 0.6) is 17.2 Å². The number of rotatable bonds is 8. The summed E-state index contributed by atoms with van der Waals surface area (Å²) in [5.41, 5.74) is 2.14. The minimum Gasteiger partial charge on any atom is -0.497 e. The van der Waals surface area contributed by atoms with E-state index in [2.05, 4.69) is 33.3 Å². The average molecular weight is 342 g/mol. The molecule has 4 heteroatoms. The fourth-order valence-electron chi connectivity index (χ4n) is 2.24. The maximum absolute atomic E-state index is 5.90. The molecule has 25 heavy (non-hydrogen) atoms. The summed E-state index contributed by atoms with van der Waals surface area (Å²) < 4.78 is 17.3. The predicted octanol–water partition coefficient (Wildman–Crippen LogP) is 3.96. The summed E-state index contributed by atoms with van der Waals surface area (Å²) in [6.07, 6.45) is 4.11. The highest BCUT2D eigenvalue weighted by Crippen LogP contribution is 2.24. The average Bonchev–Trinajstić information content (AvgIpc) is 2.59. The van der Waals surface area contributed by atoms with Crippen LogP contribution >= 0.6 is 0 Å². The van der Waals surface area contributed by atoms with Crippen molar-refractivity contribution in [3.05, 3.63) is 53.6 Å². The van der Waals surface area contributed by atoms with Crippen molar-refractivity contribution in [3.63, 3.8) is 0 Å². The smallest absolute Gasteiger partial charge is 0.137 e. The quantitative estimate of drug-likeness (QED) is 0.537. The first-order valence-corrected chi connectivity index (χ1v) is 8.34. The predicted molar refractivity (Wildman–Crippen MR) is 103 cm³/mol. The standard InChI is InChI=1S/C21H28NO3/c1-22(2,3)12-13-25-21-15-18(14-20(16-21)24-5)7-6-17-8-10-19(23-4)11-9-17/h6-11,14-16H,12-13H2,1-5H3/q+1/b7-6+. The maximum atomic E-state index is 5.90. The third kappa shape index (κ3) is 6.51. The van der Waals surface area contributed by atoms with Gasteiger partial charge in [0, 0.05) is 6.07 Å². The topological polar surface area (TPSA) is 27.7 Å². The second kappa shape index (κ2) is 8.58. The van der Waals surface area contributed by atoms with Crippen LogP contribution in [0.15, 0.2) is 42.5 Å². The molecule has 0 fully saturated rings. The second-order valence-corrected chi connectivity index (χ2v) is 6.91. The molecule has 0 spiro atoms. The van der Waals surface area contributed by atoms with Gasteiger partial charge in [-0.25, -0.2) is 0 Å². The van der Waals surface area contributed by atoms with Crippen LogP contribution in [0.25, 0.3) is 12.2 Å². The van der Waals surface area contributed by atoms with Gasteiger partial charge in [0.05, 0.1) is 35.4 Å². The highest BCUT2D eigenvalue weighted by atomic mass is 16.5. The zero-order chi connectivity index (χ0) is 18.3. The summed E-state index contributed by atoms with van der Waals surface area (Å²) in [6, 6.07) is 13.9. The lowest BCUT2D eigenvalue weighted by Gasteiger charge is -2.23. The maximum Gasteiger partial charge on any atom is 0.137 e. The third-order valence-electron chi connectivity index (χ3n) is 3.75. The number of benzene rings is 2. The lowest BCUT2D eigenvalue weighted by atomic mass is 10.1. The third-order valence-corrected chi connectivity index (χ3v) is 3.75. The van der Waals surface area contributed by atoms with Gasteiger partial charge in [-0.1, -0.05) is 24.3 Å². The van der Waals surface area contributed by atoms with E-state index >= 15 is 0 Å². The van der Waals surface area contributed by atoms with Crippen LogP contribution in [0.4, 0.5) is 0 Å². The van der Waals surface area contributed by atoms with E-state index < -0.39 is 0 Å². The van der Waals surface area contributed by atoms with E-state index in [1.165, 1.54) is 0 Å². The Morgan fingerprint density at radius 3 is 1.96 bits per heavy atom. The molecule has 0 bridgehead atoms. The number of methoxy groups -OCH3 is 2. The van der Waals surface area contributed by atoms with Crippen LogP contribution in [-0.4, -0.2) is 53.0 Å². The molecule has 0 aliphatic heterocycles. The molecule has 4 nitrogen and oxygen atoms in total. The van der Waals surface area contributed by atoms with Gasteiger partial charge in [0.2, 0.25) is 0 Å². The van der Waals surface area contributed by atoms with Crippen LogP contribution in [-0.2, 0) is 0 Å². The summed E-state index contributed by atoms with van der Waals surface area (Å²) in [6.45, 7) is 1.60. The van der Waals surface area contributed by atoms with Crippen LogP contribution < -0.4 is 14.2 Å². The van der Waals surface area contributed by atoms with Gasteiger partial charge < -0.3 is 18.7 Å². The molecule has 0 unspecified atom stereocenters. The van der Waals surface area contributed by atoms with Crippen molar-refractivity contribution in [1.29, 1.82) is 0 Å². The highest BCUT2D eigenvalue weighted by molar-refractivity contribution is 5.71. The summed E-state index contributed by atoms with van der Waals surface area (Å²) in [7, 11) is 9.79. The van der Waals surface area contributed by atoms with E-state index in [4.69, 9.17) is 14.2 Å². The fourth-order valence-corrected chi connectivity index (χ4v) is 2.24. The van der Waals surface area contributed by atoms with Crippen molar-refractivity contribution < 1.29 is 18.7 Å². The monoisotopic (exact) mass is 342 g/mol. The van der Waals surface area contributed by atoms with Gasteiger partial charge in [-0.2, -0.15) is 0 Å². The zero-order valence-electron chi connectivity index (χ0n) is 15.8. The van der Waals surface area contributed by atoms with Gasteiger partial charge in [0.25, 0.3) is 0 Å². The Morgan fingerprint density at radius 2 is 1.36 bits per heavy atom. The molecule has 0 saturated carbocycles. The molecule has 134 valence electrons. The van der Waals surface area contributed by atoms with Gasteiger partial charge in [0.15, 0.2) is 0 Å². The Labute approximate surface area is 150 Å². The highest BCUT2D eigenvalue weighted by Gasteiger charge is 2.07. The Balaban J connectivity index is 2.10. The van der Waals surface area contributed by atoms with Crippen molar-refractivity contribution in [3.8, 4) is 17.2 Å². The molecule has 0 N–H and O–H groups in total. The van der Waals surface area contributed by atoms with E-state index in [0.29, 0.717) is 6.61 Å². The number of hydrogen-bond acceptors (Lipinski definition) is 3. The fraction of sp³-hybridized carbons (Fsp3) is 0.333. The molecular weight excluding hydrogens is 314 g/mol. The molecular formula is C21H28NO3+. The minimum absolute atomic E-state index is 0.665. The minimum atomic E-state index is 0.665.